The van der Waals surface area contributed by atoms with Crippen LogP contribution in [0.1, 0.15) is 32.2 Å². The van der Waals surface area contributed by atoms with Crippen molar-refractivity contribution in [2.75, 3.05) is 18.1 Å². The first-order valence-electron chi connectivity index (χ1n) is 7.62. The van der Waals surface area contributed by atoms with Crippen molar-refractivity contribution in [1.29, 1.82) is 0 Å². The fraction of sp³-hybridized carbons (Fsp3) is 0.438. The predicted octanol–water partition coefficient (Wildman–Crippen LogP) is 2.39. The quantitative estimate of drug-likeness (QED) is 0.604. The first-order chi connectivity index (χ1) is 11.3. The molecule has 3 N–H and O–H groups in total. The Bertz CT molecular complexity index is 693. The second-order valence-corrected chi connectivity index (χ2v) is 7.82. The number of thioether (sulfide) groups is 1. The molecule has 0 saturated heterocycles. The average molecular weight is 368 g/mol. The Morgan fingerprint density at radius 1 is 1.29 bits per heavy atom. The fourth-order valence-corrected chi connectivity index (χ4v) is 2.88. The molecule has 0 unspecified atom stereocenters. The lowest BCUT2D eigenvalue weighted by Gasteiger charge is -2.16. The molecule has 0 saturated carbocycles. The second kappa shape index (κ2) is 7.90. The van der Waals surface area contributed by atoms with E-state index in [1.54, 1.807) is 0 Å². The van der Waals surface area contributed by atoms with Gasteiger partial charge in [0.25, 0.3) is 0 Å². The highest BCUT2D eigenvalue weighted by Crippen LogP contribution is 2.22. The predicted molar refractivity (Wildman–Crippen MR) is 97.8 cm³/mol. The van der Waals surface area contributed by atoms with Crippen LogP contribution in [0, 0.1) is 0 Å². The minimum absolute atomic E-state index is 0.0609. The smallest absolute Gasteiger partial charge is 0.230 e. The van der Waals surface area contributed by atoms with Crippen LogP contribution in [0.4, 0.5) is 0 Å². The van der Waals surface area contributed by atoms with E-state index in [4.69, 9.17) is 17.4 Å². The summed E-state index contributed by atoms with van der Waals surface area (Å²) in [6.45, 7) is 6.61. The van der Waals surface area contributed by atoms with E-state index in [0.29, 0.717) is 22.5 Å². The van der Waals surface area contributed by atoms with Crippen molar-refractivity contribution in [3.8, 4) is 0 Å². The standard InChI is InChI=1S/C16H22ClN5OS/c1-16(2,3)14-20-21-15(22(14)18)24-10-13(23)19-9-8-11-4-6-12(17)7-5-11/h4-7H,8-10,18H2,1-3H3,(H,19,23). The summed E-state index contributed by atoms with van der Waals surface area (Å²) in [6, 6.07) is 7.59. The van der Waals surface area contributed by atoms with Gasteiger partial charge in [0, 0.05) is 17.0 Å². The zero-order valence-corrected chi connectivity index (χ0v) is 15.6. The van der Waals surface area contributed by atoms with Crippen LogP contribution in [0.25, 0.3) is 0 Å². The van der Waals surface area contributed by atoms with Gasteiger partial charge in [-0.3, -0.25) is 4.79 Å². The van der Waals surface area contributed by atoms with E-state index in [1.165, 1.54) is 16.4 Å². The van der Waals surface area contributed by atoms with Crippen LogP contribution in [0.2, 0.25) is 5.02 Å². The summed E-state index contributed by atoms with van der Waals surface area (Å²) in [5.74, 6) is 6.87. The van der Waals surface area contributed by atoms with Gasteiger partial charge in [0.15, 0.2) is 5.82 Å². The minimum atomic E-state index is -0.193. The molecule has 130 valence electrons. The Labute approximate surface area is 151 Å². The molecule has 24 heavy (non-hydrogen) atoms. The summed E-state index contributed by atoms with van der Waals surface area (Å²) < 4.78 is 1.45. The zero-order chi connectivity index (χ0) is 17.7. The molecule has 0 atom stereocenters. The molecule has 2 rings (SSSR count). The Morgan fingerprint density at radius 3 is 2.54 bits per heavy atom. The van der Waals surface area contributed by atoms with Crippen molar-refractivity contribution < 1.29 is 4.79 Å². The molecule has 8 heteroatoms. The Morgan fingerprint density at radius 2 is 1.96 bits per heavy atom. The largest absolute Gasteiger partial charge is 0.355 e. The number of nitrogens with zero attached hydrogens (tertiary/aromatic N) is 3. The highest BCUT2D eigenvalue weighted by molar-refractivity contribution is 7.99. The first kappa shape index (κ1) is 18.6. The van der Waals surface area contributed by atoms with E-state index in [0.717, 1.165) is 12.0 Å². The van der Waals surface area contributed by atoms with Gasteiger partial charge in [-0.05, 0) is 24.1 Å². The molecule has 1 amide bonds. The van der Waals surface area contributed by atoms with Crippen LogP contribution in [0.3, 0.4) is 0 Å². The molecular formula is C16H22ClN5OS. The van der Waals surface area contributed by atoms with E-state index in [-0.39, 0.29) is 17.1 Å². The van der Waals surface area contributed by atoms with E-state index in [9.17, 15) is 4.79 Å². The van der Waals surface area contributed by atoms with Crippen LogP contribution in [0.15, 0.2) is 29.4 Å². The van der Waals surface area contributed by atoms with Crippen molar-refractivity contribution in [2.24, 2.45) is 0 Å². The van der Waals surface area contributed by atoms with Crippen LogP contribution in [-0.4, -0.2) is 33.1 Å². The number of halogens is 1. The summed E-state index contributed by atoms with van der Waals surface area (Å²) in [6.07, 6.45) is 0.759. The average Bonchev–Trinajstić information content (AvgIpc) is 2.88. The number of carbonyl (C=O) groups is 1. The number of aromatic nitrogens is 3. The molecule has 0 bridgehead atoms. The summed E-state index contributed by atoms with van der Waals surface area (Å²) in [5, 5.41) is 12.3. The molecule has 0 aliphatic carbocycles. The number of nitrogens with two attached hydrogens (primary N) is 1. The number of nitrogens with one attached hydrogen (secondary N) is 1. The molecule has 1 heterocycles. The van der Waals surface area contributed by atoms with Gasteiger partial charge in [-0.2, -0.15) is 0 Å². The molecule has 0 spiro atoms. The zero-order valence-electron chi connectivity index (χ0n) is 14.0. The monoisotopic (exact) mass is 367 g/mol. The number of nitrogen functional groups attached to an aromatic ring is 1. The molecule has 0 aliphatic heterocycles. The second-order valence-electron chi connectivity index (χ2n) is 6.44. The molecule has 0 radical (unpaired) electrons. The molecular weight excluding hydrogens is 346 g/mol. The molecule has 1 aromatic heterocycles. The molecule has 6 nitrogen and oxygen atoms in total. The van der Waals surface area contributed by atoms with E-state index in [2.05, 4.69) is 15.5 Å². The van der Waals surface area contributed by atoms with Crippen LogP contribution >= 0.6 is 23.4 Å². The highest BCUT2D eigenvalue weighted by Gasteiger charge is 2.23. The van der Waals surface area contributed by atoms with Gasteiger partial charge >= 0.3 is 0 Å². The van der Waals surface area contributed by atoms with Crippen LogP contribution < -0.4 is 11.2 Å². The van der Waals surface area contributed by atoms with E-state index >= 15 is 0 Å². The van der Waals surface area contributed by atoms with Crippen molar-refractivity contribution in [1.82, 2.24) is 20.2 Å². The normalized spacial score (nSPS) is 11.5. The molecule has 2 aromatic rings. The summed E-state index contributed by atoms with van der Waals surface area (Å²) in [4.78, 5) is 11.9. The fourth-order valence-electron chi connectivity index (χ4n) is 2.07. The van der Waals surface area contributed by atoms with E-state index in [1.807, 2.05) is 45.0 Å². The van der Waals surface area contributed by atoms with Crippen molar-refractivity contribution in [3.05, 3.63) is 40.7 Å². The number of hydrogen-bond acceptors (Lipinski definition) is 5. The Kier molecular flexibility index (Phi) is 6.12. The minimum Gasteiger partial charge on any atom is -0.355 e. The lowest BCUT2D eigenvalue weighted by Crippen LogP contribution is -2.28. The van der Waals surface area contributed by atoms with Crippen molar-refractivity contribution in [2.45, 2.75) is 37.8 Å². The molecule has 0 fully saturated rings. The Hall–Kier alpha value is -1.73. The number of amides is 1. The number of benzene rings is 1. The maximum atomic E-state index is 11.9. The summed E-state index contributed by atoms with van der Waals surface area (Å²) in [7, 11) is 0. The number of carbonyl (C=O) groups excluding carboxylic acids is 1. The topological polar surface area (TPSA) is 85.8 Å². The Balaban J connectivity index is 1.77. The third-order valence-electron chi connectivity index (χ3n) is 3.32. The highest BCUT2D eigenvalue weighted by atomic mass is 35.5. The van der Waals surface area contributed by atoms with Gasteiger partial charge in [-0.25, -0.2) is 4.68 Å². The van der Waals surface area contributed by atoms with E-state index < -0.39 is 0 Å². The lowest BCUT2D eigenvalue weighted by atomic mass is 9.96. The van der Waals surface area contributed by atoms with Crippen molar-refractivity contribution in [3.63, 3.8) is 0 Å². The molecule has 0 aliphatic rings. The van der Waals surface area contributed by atoms with Gasteiger partial charge in [-0.1, -0.05) is 56.3 Å². The van der Waals surface area contributed by atoms with Crippen molar-refractivity contribution >= 4 is 29.3 Å². The third-order valence-corrected chi connectivity index (χ3v) is 4.51. The number of rotatable bonds is 6. The summed E-state index contributed by atoms with van der Waals surface area (Å²) >= 11 is 7.12. The SMILES string of the molecule is CC(C)(C)c1nnc(SCC(=O)NCCc2ccc(Cl)cc2)n1N. The van der Waals surface area contributed by atoms with Gasteiger partial charge in [-0.15, -0.1) is 10.2 Å². The van der Waals surface area contributed by atoms with Gasteiger partial charge in [0.05, 0.1) is 5.75 Å². The third kappa shape index (κ3) is 5.14. The maximum Gasteiger partial charge on any atom is 0.230 e. The lowest BCUT2D eigenvalue weighted by molar-refractivity contribution is -0.118. The number of hydrogen-bond donors (Lipinski definition) is 2. The van der Waals surface area contributed by atoms with Crippen LogP contribution in [-0.2, 0) is 16.6 Å². The van der Waals surface area contributed by atoms with Crippen LogP contribution in [0.5, 0.6) is 0 Å². The molecule has 1 aromatic carbocycles. The van der Waals surface area contributed by atoms with Gasteiger partial charge in [0.2, 0.25) is 11.1 Å². The first-order valence-corrected chi connectivity index (χ1v) is 8.98. The maximum absolute atomic E-state index is 11.9. The van der Waals surface area contributed by atoms with Gasteiger partial charge in [0.1, 0.15) is 0 Å². The van der Waals surface area contributed by atoms with Gasteiger partial charge < -0.3 is 11.2 Å². The summed E-state index contributed by atoms with van der Waals surface area (Å²) in [5.41, 5.74) is 0.936.